The Bertz CT molecular complexity index is 1040. The van der Waals surface area contributed by atoms with E-state index in [1.165, 1.54) is 6.07 Å². The quantitative estimate of drug-likeness (QED) is 0.612. The number of primary amides is 1. The van der Waals surface area contributed by atoms with Gasteiger partial charge in [0, 0.05) is 17.3 Å². The van der Waals surface area contributed by atoms with Crippen molar-refractivity contribution in [1.29, 1.82) is 0 Å². The molecule has 25 heavy (non-hydrogen) atoms. The summed E-state index contributed by atoms with van der Waals surface area (Å²) in [6, 6.07) is 12.6. The number of fused-ring (bicyclic) bond motifs is 3. The minimum Gasteiger partial charge on any atom is -0.366 e. The minimum atomic E-state index is -0.615. The highest BCUT2D eigenvalue weighted by Gasteiger charge is 2.28. The molecule has 0 radical (unpaired) electrons. The van der Waals surface area contributed by atoms with Gasteiger partial charge in [0.15, 0.2) is 0 Å². The van der Waals surface area contributed by atoms with Crippen molar-refractivity contribution >= 4 is 12.0 Å². The molecule has 0 aliphatic heterocycles. The molecule has 1 aliphatic carbocycles. The fourth-order valence-electron chi connectivity index (χ4n) is 3.50. The summed E-state index contributed by atoms with van der Waals surface area (Å²) in [5.74, 6) is -1.08. The molecule has 0 bridgehead atoms. The summed E-state index contributed by atoms with van der Waals surface area (Å²) in [7, 11) is 0. The van der Waals surface area contributed by atoms with Crippen molar-refractivity contribution in [2.75, 3.05) is 0 Å². The second kappa shape index (κ2) is 5.67. The van der Waals surface area contributed by atoms with Crippen molar-refractivity contribution in [3.63, 3.8) is 0 Å². The lowest BCUT2D eigenvalue weighted by atomic mass is 9.91. The number of halogens is 1. The van der Waals surface area contributed by atoms with Crippen LogP contribution in [0.1, 0.15) is 27.2 Å². The Labute approximate surface area is 144 Å². The Hall–Kier alpha value is -3.27. The van der Waals surface area contributed by atoms with Crippen LogP contribution in [0.15, 0.2) is 55.2 Å². The Balaban J connectivity index is 2.09. The monoisotopic (exact) mass is 330 g/mol. The van der Waals surface area contributed by atoms with Crippen molar-refractivity contribution in [2.45, 2.75) is 6.42 Å². The predicted octanol–water partition coefficient (Wildman–Crippen LogP) is 4.20. The number of nitrogens with two attached hydrogens (primary N) is 1. The number of carbonyl (C=O) groups is 1. The molecular formula is C21H15FN2O. The Morgan fingerprint density at radius 2 is 2.00 bits per heavy atom. The highest BCUT2D eigenvalue weighted by Crippen LogP contribution is 2.45. The van der Waals surface area contributed by atoms with Crippen LogP contribution in [0.5, 0.6) is 0 Å². The number of nitrogens with zero attached hydrogens (tertiary/aromatic N) is 1. The lowest BCUT2D eigenvalue weighted by Crippen LogP contribution is -2.14. The van der Waals surface area contributed by atoms with Crippen molar-refractivity contribution in [2.24, 2.45) is 5.73 Å². The van der Waals surface area contributed by atoms with Crippen LogP contribution in [0.4, 0.5) is 4.39 Å². The third kappa shape index (κ3) is 2.34. The summed E-state index contributed by atoms with van der Waals surface area (Å²) in [6.07, 6.45) is 3.81. The van der Waals surface area contributed by atoms with Gasteiger partial charge in [0.2, 0.25) is 5.91 Å². The first-order valence-corrected chi connectivity index (χ1v) is 7.92. The van der Waals surface area contributed by atoms with Gasteiger partial charge in [0.25, 0.3) is 0 Å². The van der Waals surface area contributed by atoms with E-state index in [4.69, 9.17) is 5.73 Å². The van der Waals surface area contributed by atoms with Gasteiger partial charge < -0.3 is 5.73 Å². The largest absolute Gasteiger partial charge is 0.366 e. The third-order valence-corrected chi connectivity index (χ3v) is 4.59. The Morgan fingerprint density at radius 3 is 2.76 bits per heavy atom. The first-order chi connectivity index (χ1) is 12.1. The molecule has 4 heteroatoms. The maximum absolute atomic E-state index is 15.0. The van der Waals surface area contributed by atoms with Gasteiger partial charge in [0.05, 0.1) is 5.69 Å². The van der Waals surface area contributed by atoms with Crippen molar-refractivity contribution in [3.8, 4) is 22.3 Å². The highest BCUT2D eigenvalue weighted by molar-refractivity contribution is 6.01. The fraction of sp³-hybridized carbons (Fsp3) is 0.0476. The lowest BCUT2D eigenvalue weighted by molar-refractivity contribution is 0.0999. The number of benzene rings is 2. The second-order valence-electron chi connectivity index (χ2n) is 6.01. The van der Waals surface area contributed by atoms with Gasteiger partial charge >= 0.3 is 0 Å². The highest BCUT2D eigenvalue weighted by atomic mass is 19.1. The van der Waals surface area contributed by atoms with Gasteiger partial charge in [-0.3, -0.25) is 9.78 Å². The normalized spacial score (nSPS) is 11.7. The average Bonchev–Trinajstić information content (AvgIpc) is 3.00. The SMILES string of the molecule is C=Cc1cc(-c2c(F)cc(C(N)=O)c3c2-c2ccccc2C3)ccn1. The first-order valence-electron chi connectivity index (χ1n) is 7.92. The second-order valence-corrected chi connectivity index (χ2v) is 6.01. The lowest BCUT2D eigenvalue weighted by Gasteiger charge is -2.14. The molecule has 3 aromatic rings. The van der Waals surface area contributed by atoms with Gasteiger partial charge in [0.1, 0.15) is 5.82 Å². The molecule has 0 fully saturated rings. The van der Waals surface area contributed by atoms with E-state index in [2.05, 4.69) is 11.6 Å². The molecule has 1 aliphatic rings. The zero-order valence-corrected chi connectivity index (χ0v) is 13.4. The van der Waals surface area contributed by atoms with E-state index in [1.54, 1.807) is 24.4 Å². The number of hydrogen-bond acceptors (Lipinski definition) is 2. The topological polar surface area (TPSA) is 56.0 Å². The molecule has 1 heterocycles. The summed E-state index contributed by atoms with van der Waals surface area (Å²) in [5, 5.41) is 0. The van der Waals surface area contributed by atoms with Crippen LogP contribution in [0, 0.1) is 5.82 Å². The van der Waals surface area contributed by atoms with Crippen molar-refractivity contribution in [3.05, 3.63) is 83.4 Å². The maximum Gasteiger partial charge on any atom is 0.249 e. The van der Waals surface area contributed by atoms with Crippen LogP contribution >= 0.6 is 0 Å². The summed E-state index contributed by atoms with van der Waals surface area (Å²) in [4.78, 5) is 16.0. The molecule has 0 spiro atoms. The number of aromatic nitrogens is 1. The predicted molar refractivity (Wildman–Crippen MR) is 96.5 cm³/mol. The third-order valence-electron chi connectivity index (χ3n) is 4.59. The first kappa shape index (κ1) is 15.3. The molecule has 1 aromatic heterocycles. The molecule has 0 unspecified atom stereocenters. The summed E-state index contributed by atoms with van der Waals surface area (Å²) in [6.45, 7) is 3.72. The van der Waals surface area contributed by atoms with E-state index >= 15 is 4.39 Å². The van der Waals surface area contributed by atoms with E-state index < -0.39 is 11.7 Å². The van der Waals surface area contributed by atoms with Crippen molar-refractivity contribution in [1.82, 2.24) is 4.98 Å². The number of rotatable bonds is 3. The minimum absolute atomic E-state index is 0.241. The zero-order valence-electron chi connectivity index (χ0n) is 13.4. The molecule has 2 N–H and O–H groups in total. The van der Waals surface area contributed by atoms with Gasteiger partial charge in [-0.25, -0.2) is 4.39 Å². The molecule has 122 valence electrons. The smallest absolute Gasteiger partial charge is 0.249 e. The molecule has 0 saturated heterocycles. The summed E-state index contributed by atoms with van der Waals surface area (Å²) in [5.41, 5.74) is 11.1. The van der Waals surface area contributed by atoms with E-state index in [-0.39, 0.29) is 5.56 Å². The van der Waals surface area contributed by atoms with Gasteiger partial charge in [-0.1, -0.05) is 30.8 Å². The van der Waals surface area contributed by atoms with Crippen molar-refractivity contribution < 1.29 is 9.18 Å². The van der Waals surface area contributed by atoms with E-state index in [0.29, 0.717) is 23.2 Å². The molecule has 0 atom stereocenters. The van der Waals surface area contributed by atoms with Gasteiger partial charge in [-0.15, -0.1) is 0 Å². The van der Waals surface area contributed by atoms with Gasteiger partial charge in [-0.2, -0.15) is 0 Å². The molecule has 2 aromatic carbocycles. The molecule has 3 nitrogen and oxygen atoms in total. The van der Waals surface area contributed by atoms with E-state index in [9.17, 15) is 4.79 Å². The Morgan fingerprint density at radius 1 is 1.20 bits per heavy atom. The Kier molecular flexibility index (Phi) is 3.46. The number of hydrogen-bond donors (Lipinski definition) is 1. The number of pyridine rings is 1. The van der Waals surface area contributed by atoms with Crippen LogP contribution in [0.25, 0.3) is 28.3 Å². The molecule has 0 saturated carbocycles. The molecular weight excluding hydrogens is 315 g/mol. The van der Waals surface area contributed by atoms with Crippen LogP contribution in [0.2, 0.25) is 0 Å². The standard InChI is InChI=1S/C21H15FN2O/c1-2-14-9-13(7-8-24-14)19-18(22)11-17(21(23)25)16-10-12-5-3-4-6-15(12)20(16)19/h2-9,11H,1,10H2,(H2,23,25). The van der Waals surface area contributed by atoms with E-state index in [0.717, 1.165) is 22.3 Å². The maximum atomic E-state index is 15.0. The van der Waals surface area contributed by atoms with Crippen LogP contribution < -0.4 is 5.73 Å². The number of amides is 1. The van der Waals surface area contributed by atoms with Crippen LogP contribution in [-0.2, 0) is 6.42 Å². The summed E-state index contributed by atoms with van der Waals surface area (Å²) >= 11 is 0. The zero-order chi connectivity index (χ0) is 17.6. The fourth-order valence-corrected chi connectivity index (χ4v) is 3.50. The molecule has 4 rings (SSSR count). The molecule has 1 amide bonds. The summed E-state index contributed by atoms with van der Waals surface area (Å²) < 4.78 is 15.0. The number of carbonyl (C=O) groups excluding carboxylic acids is 1. The van der Waals surface area contributed by atoms with Crippen LogP contribution in [0.3, 0.4) is 0 Å². The van der Waals surface area contributed by atoms with Gasteiger partial charge in [-0.05, 0) is 58.5 Å². The van der Waals surface area contributed by atoms with Crippen LogP contribution in [-0.4, -0.2) is 10.9 Å². The van der Waals surface area contributed by atoms with E-state index in [1.807, 2.05) is 24.3 Å². The average molecular weight is 330 g/mol.